The van der Waals surface area contributed by atoms with Gasteiger partial charge >= 0.3 is 0 Å². The molecule has 0 bridgehead atoms. The summed E-state index contributed by atoms with van der Waals surface area (Å²) in [5.74, 6) is 0. The second-order valence-electron chi connectivity index (χ2n) is 4.59. The van der Waals surface area contributed by atoms with E-state index in [1.807, 2.05) is 0 Å². The zero-order valence-corrected chi connectivity index (χ0v) is 12.6. The van der Waals surface area contributed by atoms with Gasteiger partial charge in [-0.05, 0) is 11.4 Å². The summed E-state index contributed by atoms with van der Waals surface area (Å²) in [4.78, 5) is 1.33. The van der Waals surface area contributed by atoms with E-state index >= 15 is 0 Å². The molecule has 2 heterocycles. The first-order chi connectivity index (χ1) is 9.88. The lowest BCUT2D eigenvalue weighted by Gasteiger charge is -2.17. The van der Waals surface area contributed by atoms with E-state index < -0.39 is 0 Å². The summed E-state index contributed by atoms with van der Waals surface area (Å²) >= 11 is 1.75. The van der Waals surface area contributed by atoms with Crippen molar-refractivity contribution in [1.82, 2.24) is 0 Å². The van der Waals surface area contributed by atoms with Crippen LogP contribution in [0.15, 0.2) is 17.5 Å². The van der Waals surface area contributed by atoms with Gasteiger partial charge < -0.3 is 23.7 Å². The molecule has 0 N–H and O–H groups in total. The highest BCUT2D eigenvalue weighted by Crippen LogP contribution is 2.10. The second kappa shape index (κ2) is 9.44. The van der Waals surface area contributed by atoms with Gasteiger partial charge in [0.15, 0.2) is 0 Å². The highest BCUT2D eigenvalue weighted by molar-refractivity contribution is 7.09. The van der Waals surface area contributed by atoms with Crippen LogP contribution in [-0.2, 0) is 30.1 Å². The molecule has 0 spiro atoms. The molecule has 1 aromatic rings. The standard InChI is InChI=1S/C14H22O5S/c1-15-11-19-12(8-17-9-13-10-18-13)7-16-5-4-14-3-2-6-20-14/h2-3,6,12-13H,4-5,7-11H2,1H3. The zero-order valence-electron chi connectivity index (χ0n) is 11.8. The fourth-order valence-corrected chi connectivity index (χ4v) is 2.34. The number of methoxy groups -OCH3 is 1. The first-order valence-electron chi connectivity index (χ1n) is 6.78. The maximum absolute atomic E-state index is 5.65. The van der Waals surface area contributed by atoms with Crippen LogP contribution < -0.4 is 0 Å². The Balaban J connectivity index is 1.55. The highest BCUT2D eigenvalue weighted by atomic mass is 32.1. The van der Waals surface area contributed by atoms with Crippen molar-refractivity contribution in [3.63, 3.8) is 0 Å². The normalized spacial score (nSPS) is 19.1. The average Bonchev–Trinajstić information content (AvgIpc) is 3.13. The third-order valence-electron chi connectivity index (χ3n) is 2.81. The fraction of sp³-hybridized carbons (Fsp3) is 0.714. The van der Waals surface area contributed by atoms with Crippen LogP contribution in [-0.4, -0.2) is 59.1 Å². The monoisotopic (exact) mass is 302 g/mol. The smallest absolute Gasteiger partial charge is 0.146 e. The predicted molar refractivity (Wildman–Crippen MR) is 76.2 cm³/mol. The van der Waals surface area contributed by atoms with Crippen molar-refractivity contribution in [2.75, 3.05) is 46.9 Å². The minimum absolute atomic E-state index is 0.1000. The molecular weight excluding hydrogens is 280 g/mol. The number of ether oxygens (including phenoxy) is 5. The molecule has 1 aliphatic rings. The van der Waals surface area contributed by atoms with Gasteiger partial charge in [0.25, 0.3) is 0 Å². The van der Waals surface area contributed by atoms with Gasteiger partial charge in [-0.15, -0.1) is 11.3 Å². The van der Waals surface area contributed by atoms with E-state index in [9.17, 15) is 0 Å². The van der Waals surface area contributed by atoms with Gasteiger partial charge in [-0.3, -0.25) is 0 Å². The van der Waals surface area contributed by atoms with Crippen LogP contribution in [0, 0.1) is 0 Å². The summed E-state index contributed by atoms with van der Waals surface area (Å²) in [7, 11) is 1.60. The number of thiophene rings is 1. The second-order valence-corrected chi connectivity index (χ2v) is 5.62. The zero-order chi connectivity index (χ0) is 14.0. The molecule has 1 aromatic heterocycles. The van der Waals surface area contributed by atoms with Gasteiger partial charge in [-0.2, -0.15) is 0 Å². The van der Waals surface area contributed by atoms with E-state index in [1.54, 1.807) is 18.4 Å². The van der Waals surface area contributed by atoms with Gasteiger partial charge in [0.05, 0.1) is 33.0 Å². The van der Waals surface area contributed by atoms with Gasteiger partial charge in [0.1, 0.15) is 19.0 Å². The van der Waals surface area contributed by atoms with Crippen molar-refractivity contribution in [3.8, 4) is 0 Å². The Labute approximate surface area is 123 Å². The van der Waals surface area contributed by atoms with E-state index in [4.69, 9.17) is 23.7 Å². The molecule has 1 aliphatic heterocycles. The molecule has 114 valence electrons. The Morgan fingerprint density at radius 1 is 1.40 bits per heavy atom. The van der Waals surface area contributed by atoms with Crippen LogP contribution in [0.3, 0.4) is 0 Å². The molecule has 0 radical (unpaired) electrons. The Kier molecular flexibility index (Phi) is 7.49. The SMILES string of the molecule is COCOC(COCCc1cccs1)COCC1CO1. The molecule has 0 aliphatic carbocycles. The molecule has 0 saturated carbocycles. The molecule has 2 rings (SSSR count). The average molecular weight is 302 g/mol. The Hall–Kier alpha value is -0.500. The number of hydrogen-bond donors (Lipinski definition) is 0. The lowest BCUT2D eigenvalue weighted by molar-refractivity contribution is -0.120. The summed E-state index contributed by atoms with van der Waals surface area (Å²) in [6.07, 6.45) is 1.11. The van der Waals surface area contributed by atoms with Crippen LogP contribution in [0.25, 0.3) is 0 Å². The fourth-order valence-electron chi connectivity index (χ4n) is 1.65. The van der Waals surface area contributed by atoms with Crippen molar-refractivity contribution in [2.45, 2.75) is 18.6 Å². The number of rotatable bonds is 12. The maximum Gasteiger partial charge on any atom is 0.146 e. The minimum Gasteiger partial charge on any atom is -0.378 e. The van der Waals surface area contributed by atoms with Crippen LogP contribution in [0.5, 0.6) is 0 Å². The van der Waals surface area contributed by atoms with E-state index in [0.29, 0.717) is 26.4 Å². The maximum atomic E-state index is 5.65. The third kappa shape index (κ3) is 6.78. The van der Waals surface area contributed by atoms with Crippen LogP contribution in [0.4, 0.5) is 0 Å². The molecule has 1 saturated heterocycles. The number of epoxide rings is 1. The van der Waals surface area contributed by atoms with E-state index in [-0.39, 0.29) is 19.0 Å². The summed E-state index contributed by atoms with van der Waals surface area (Å²) in [5.41, 5.74) is 0. The summed E-state index contributed by atoms with van der Waals surface area (Å²) in [6, 6.07) is 4.17. The predicted octanol–water partition coefficient (Wildman–Crippen LogP) is 1.71. The molecular formula is C14H22O5S. The Morgan fingerprint density at radius 2 is 2.25 bits per heavy atom. The first kappa shape index (κ1) is 15.9. The first-order valence-corrected chi connectivity index (χ1v) is 7.66. The van der Waals surface area contributed by atoms with Crippen molar-refractivity contribution in [3.05, 3.63) is 22.4 Å². The van der Waals surface area contributed by atoms with Crippen molar-refractivity contribution >= 4 is 11.3 Å². The van der Waals surface area contributed by atoms with Gasteiger partial charge in [-0.25, -0.2) is 0 Å². The lowest BCUT2D eigenvalue weighted by Crippen LogP contribution is -2.27. The van der Waals surface area contributed by atoms with Crippen molar-refractivity contribution in [1.29, 1.82) is 0 Å². The summed E-state index contributed by atoms with van der Waals surface area (Å²) < 4.78 is 26.7. The molecule has 1 fully saturated rings. The Bertz CT molecular complexity index is 339. The lowest BCUT2D eigenvalue weighted by atomic mass is 10.3. The molecule has 5 nitrogen and oxygen atoms in total. The van der Waals surface area contributed by atoms with Crippen molar-refractivity contribution < 1.29 is 23.7 Å². The topological polar surface area (TPSA) is 49.5 Å². The molecule has 2 unspecified atom stereocenters. The van der Waals surface area contributed by atoms with Crippen LogP contribution in [0.1, 0.15) is 4.88 Å². The van der Waals surface area contributed by atoms with Gasteiger partial charge in [-0.1, -0.05) is 6.07 Å². The van der Waals surface area contributed by atoms with Gasteiger partial charge in [0, 0.05) is 18.4 Å². The van der Waals surface area contributed by atoms with Gasteiger partial charge in [0.2, 0.25) is 0 Å². The molecule has 20 heavy (non-hydrogen) atoms. The third-order valence-corrected chi connectivity index (χ3v) is 3.74. The van der Waals surface area contributed by atoms with E-state index in [2.05, 4.69) is 17.5 Å². The molecule has 0 aromatic carbocycles. The van der Waals surface area contributed by atoms with E-state index in [0.717, 1.165) is 13.0 Å². The highest BCUT2D eigenvalue weighted by Gasteiger charge is 2.23. The summed E-state index contributed by atoms with van der Waals surface area (Å²) in [5, 5.41) is 2.08. The minimum atomic E-state index is -0.1000. The largest absolute Gasteiger partial charge is 0.378 e. The Morgan fingerprint density at radius 3 is 2.95 bits per heavy atom. The van der Waals surface area contributed by atoms with Crippen LogP contribution >= 0.6 is 11.3 Å². The molecule has 2 atom stereocenters. The molecule has 6 heteroatoms. The summed E-state index contributed by atoms with van der Waals surface area (Å²) in [6.45, 7) is 3.40. The molecule has 0 amide bonds. The quantitative estimate of drug-likeness (QED) is 0.334. The van der Waals surface area contributed by atoms with E-state index in [1.165, 1.54) is 4.88 Å². The van der Waals surface area contributed by atoms with Crippen LogP contribution in [0.2, 0.25) is 0 Å². The number of hydrogen-bond acceptors (Lipinski definition) is 6. The van der Waals surface area contributed by atoms with Crippen molar-refractivity contribution in [2.24, 2.45) is 0 Å².